The fourth-order valence-corrected chi connectivity index (χ4v) is 2.10. The van der Waals surface area contributed by atoms with Gasteiger partial charge in [-0.25, -0.2) is 0 Å². The molecule has 98 valence electrons. The van der Waals surface area contributed by atoms with Crippen LogP contribution in [0, 0.1) is 10.1 Å². The minimum atomic E-state index is -0.402. The van der Waals surface area contributed by atoms with Crippen LogP contribution in [0.4, 0.5) is 11.4 Å². The van der Waals surface area contributed by atoms with E-state index in [2.05, 4.69) is 10.3 Å². The number of nitrogens with one attached hydrogen (secondary N) is 1. The second kappa shape index (κ2) is 4.97. The lowest BCUT2D eigenvalue weighted by Gasteiger charge is -2.10. The zero-order chi connectivity index (χ0) is 13.9. The van der Waals surface area contributed by atoms with E-state index in [0.29, 0.717) is 5.71 Å². The number of rotatable bonds is 2. The molecule has 2 aromatic rings. The Bertz CT molecular complexity index is 721. The van der Waals surface area contributed by atoms with Gasteiger partial charge in [-0.1, -0.05) is 30.3 Å². The number of nitrogens with zero attached hydrogens (tertiary/aromatic N) is 2. The Kier molecular flexibility index (Phi) is 3.01. The Hall–Kier alpha value is -2.95. The monoisotopic (exact) mass is 265 g/mol. The highest BCUT2D eigenvalue weighted by molar-refractivity contribution is 6.16. The zero-order valence-electron chi connectivity index (χ0n) is 10.5. The third kappa shape index (κ3) is 2.16. The molecular weight excluding hydrogens is 254 g/mol. The van der Waals surface area contributed by atoms with Gasteiger partial charge in [0.05, 0.1) is 10.6 Å². The molecule has 1 aliphatic heterocycles. The Morgan fingerprint density at radius 2 is 1.90 bits per heavy atom. The van der Waals surface area contributed by atoms with Crippen LogP contribution >= 0.6 is 0 Å². The lowest BCUT2D eigenvalue weighted by Crippen LogP contribution is -2.05. The standard InChI is InChI=1S/C15H11N3O2/c19-18(20)12-6-7-14-13(10-12)15(17-9-8-16-14)11-4-2-1-3-5-11/h1-10,16H. The third-order valence-electron chi connectivity index (χ3n) is 3.03. The summed E-state index contributed by atoms with van der Waals surface area (Å²) in [6.07, 6.45) is 3.36. The summed E-state index contributed by atoms with van der Waals surface area (Å²) >= 11 is 0. The molecule has 0 fully saturated rings. The smallest absolute Gasteiger partial charge is 0.270 e. The third-order valence-corrected chi connectivity index (χ3v) is 3.03. The van der Waals surface area contributed by atoms with Gasteiger partial charge in [-0.05, 0) is 6.07 Å². The van der Waals surface area contributed by atoms with Crippen LogP contribution in [-0.4, -0.2) is 10.6 Å². The Balaban J connectivity index is 2.18. The van der Waals surface area contributed by atoms with Crippen molar-refractivity contribution in [3.63, 3.8) is 0 Å². The molecule has 1 aliphatic rings. The van der Waals surface area contributed by atoms with Crippen LogP contribution in [0.3, 0.4) is 0 Å². The largest absolute Gasteiger partial charge is 0.360 e. The van der Waals surface area contributed by atoms with Gasteiger partial charge in [0.25, 0.3) is 5.69 Å². The minimum absolute atomic E-state index is 0.0519. The van der Waals surface area contributed by atoms with Gasteiger partial charge in [0.1, 0.15) is 0 Å². The average Bonchev–Trinajstić information content (AvgIpc) is 2.69. The molecule has 0 spiro atoms. The highest BCUT2D eigenvalue weighted by atomic mass is 16.6. The van der Waals surface area contributed by atoms with E-state index in [9.17, 15) is 10.1 Å². The van der Waals surface area contributed by atoms with Crippen molar-refractivity contribution >= 4 is 17.1 Å². The molecule has 0 saturated carbocycles. The van der Waals surface area contributed by atoms with Crippen LogP contribution in [-0.2, 0) is 0 Å². The molecule has 0 amide bonds. The van der Waals surface area contributed by atoms with Gasteiger partial charge in [0.15, 0.2) is 0 Å². The minimum Gasteiger partial charge on any atom is -0.360 e. The van der Waals surface area contributed by atoms with Crippen LogP contribution in [0.5, 0.6) is 0 Å². The number of nitro groups is 1. The normalized spacial score (nSPS) is 12.9. The summed E-state index contributed by atoms with van der Waals surface area (Å²) in [5.41, 5.74) is 3.20. The molecule has 3 rings (SSSR count). The number of fused-ring (bicyclic) bond motifs is 1. The second-order valence-corrected chi connectivity index (χ2v) is 4.29. The van der Waals surface area contributed by atoms with E-state index in [1.165, 1.54) is 6.07 Å². The summed E-state index contributed by atoms with van der Waals surface area (Å²) in [4.78, 5) is 14.9. The summed E-state index contributed by atoms with van der Waals surface area (Å²) in [7, 11) is 0. The zero-order valence-corrected chi connectivity index (χ0v) is 10.5. The molecule has 20 heavy (non-hydrogen) atoms. The van der Waals surface area contributed by atoms with Gasteiger partial charge < -0.3 is 5.32 Å². The molecular formula is C15H11N3O2. The van der Waals surface area contributed by atoms with Crippen molar-refractivity contribution in [2.24, 2.45) is 4.99 Å². The van der Waals surface area contributed by atoms with E-state index >= 15 is 0 Å². The summed E-state index contributed by atoms with van der Waals surface area (Å²) < 4.78 is 0. The molecule has 0 unspecified atom stereocenters. The number of non-ortho nitro benzene ring substituents is 1. The van der Waals surface area contributed by atoms with E-state index in [-0.39, 0.29) is 5.69 Å². The van der Waals surface area contributed by atoms with Crippen LogP contribution in [0.25, 0.3) is 0 Å². The first kappa shape index (κ1) is 12.1. The quantitative estimate of drug-likeness (QED) is 0.669. The molecule has 0 saturated heterocycles. The molecule has 0 bridgehead atoms. The molecule has 2 aromatic carbocycles. The van der Waals surface area contributed by atoms with E-state index < -0.39 is 4.92 Å². The maximum absolute atomic E-state index is 10.9. The van der Waals surface area contributed by atoms with Crippen molar-refractivity contribution in [2.75, 3.05) is 5.32 Å². The molecule has 0 radical (unpaired) electrons. The highest BCUT2D eigenvalue weighted by Gasteiger charge is 2.17. The summed E-state index contributed by atoms with van der Waals surface area (Å²) in [6.45, 7) is 0. The molecule has 1 heterocycles. The first-order valence-electron chi connectivity index (χ1n) is 6.09. The topological polar surface area (TPSA) is 67.5 Å². The lowest BCUT2D eigenvalue weighted by atomic mass is 10.00. The molecule has 0 aliphatic carbocycles. The highest BCUT2D eigenvalue weighted by Crippen LogP contribution is 2.26. The van der Waals surface area contributed by atoms with Crippen molar-refractivity contribution < 1.29 is 4.92 Å². The van der Waals surface area contributed by atoms with Crippen molar-refractivity contribution in [3.8, 4) is 0 Å². The molecule has 1 N–H and O–H groups in total. The predicted octanol–water partition coefficient (Wildman–Crippen LogP) is 3.33. The average molecular weight is 265 g/mol. The van der Waals surface area contributed by atoms with Crippen molar-refractivity contribution in [1.82, 2.24) is 0 Å². The van der Waals surface area contributed by atoms with Gasteiger partial charge in [0, 0.05) is 41.3 Å². The van der Waals surface area contributed by atoms with E-state index in [4.69, 9.17) is 0 Å². The van der Waals surface area contributed by atoms with Crippen molar-refractivity contribution in [1.29, 1.82) is 0 Å². The van der Waals surface area contributed by atoms with Crippen LogP contribution in [0.1, 0.15) is 11.1 Å². The van der Waals surface area contributed by atoms with Gasteiger partial charge in [-0.15, -0.1) is 0 Å². The lowest BCUT2D eigenvalue weighted by molar-refractivity contribution is -0.384. The number of hydrogen-bond donors (Lipinski definition) is 1. The molecule has 0 atom stereocenters. The first-order chi connectivity index (χ1) is 9.75. The first-order valence-corrected chi connectivity index (χ1v) is 6.09. The molecule has 5 heteroatoms. The number of aliphatic imine (C=N–C) groups is 1. The van der Waals surface area contributed by atoms with Gasteiger partial charge in [-0.3, -0.25) is 15.1 Å². The number of nitro benzene ring substituents is 1. The second-order valence-electron chi connectivity index (χ2n) is 4.29. The van der Waals surface area contributed by atoms with Crippen LogP contribution < -0.4 is 5.32 Å². The van der Waals surface area contributed by atoms with Crippen molar-refractivity contribution in [3.05, 3.63) is 82.2 Å². The fraction of sp³-hybridized carbons (Fsp3) is 0. The number of hydrogen-bond acceptors (Lipinski definition) is 4. The molecule has 0 aromatic heterocycles. The van der Waals surface area contributed by atoms with Gasteiger partial charge >= 0.3 is 0 Å². The number of anilines is 1. The van der Waals surface area contributed by atoms with Crippen molar-refractivity contribution in [2.45, 2.75) is 0 Å². The van der Waals surface area contributed by atoms with Crippen LogP contribution in [0.2, 0.25) is 0 Å². The van der Waals surface area contributed by atoms with E-state index in [1.807, 2.05) is 30.3 Å². The Labute approximate surface area is 115 Å². The number of benzene rings is 2. The predicted molar refractivity (Wildman–Crippen MR) is 77.9 cm³/mol. The maximum Gasteiger partial charge on any atom is 0.270 e. The Morgan fingerprint density at radius 1 is 1.10 bits per heavy atom. The summed E-state index contributed by atoms with van der Waals surface area (Å²) in [6, 6.07) is 14.3. The maximum atomic E-state index is 10.9. The fourth-order valence-electron chi connectivity index (χ4n) is 2.10. The Morgan fingerprint density at radius 3 is 2.65 bits per heavy atom. The van der Waals surface area contributed by atoms with Crippen LogP contribution in [0.15, 0.2) is 65.9 Å². The molecule has 5 nitrogen and oxygen atoms in total. The summed E-state index contributed by atoms with van der Waals surface area (Å²) in [5, 5.41) is 14.0. The van der Waals surface area contributed by atoms with E-state index in [1.54, 1.807) is 24.5 Å². The van der Waals surface area contributed by atoms with Gasteiger partial charge in [0.2, 0.25) is 0 Å². The van der Waals surface area contributed by atoms with Gasteiger partial charge in [-0.2, -0.15) is 0 Å². The van der Waals surface area contributed by atoms with E-state index in [0.717, 1.165) is 16.8 Å². The summed E-state index contributed by atoms with van der Waals surface area (Å²) in [5.74, 6) is 0. The SMILES string of the molecule is O=[N+]([O-])c1ccc2c(c1)C(c1ccccc1)=NC=CN2.